The van der Waals surface area contributed by atoms with E-state index in [9.17, 15) is 24.4 Å². The normalized spacial score (nSPS) is 15.9. The minimum atomic E-state index is -1.77. The Morgan fingerprint density at radius 1 is 0.793 bits per heavy atom. The number of nitrogens with zero attached hydrogens (tertiary/aromatic N) is 5. The van der Waals surface area contributed by atoms with Crippen molar-refractivity contribution in [2.75, 3.05) is 45.9 Å². The molecule has 0 saturated carbocycles. The van der Waals surface area contributed by atoms with Gasteiger partial charge in [0, 0.05) is 49.5 Å². The molecule has 2 aliphatic rings. The van der Waals surface area contributed by atoms with Crippen molar-refractivity contribution in [1.29, 1.82) is 5.26 Å². The van der Waals surface area contributed by atoms with Crippen LogP contribution in [0.4, 0.5) is 10.7 Å². The number of nitrogens with one attached hydrogen (secondary N) is 4. The molecule has 4 N–H and O–H groups in total. The molecule has 0 bridgehead atoms. The summed E-state index contributed by atoms with van der Waals surface area (Å²) in [4.78, 5) is 64.9. The third-order valence-electron chi connectivity index (χ3n) is 15.3. The molecule has 6 aromatic carbocycles. The molecule has 10 rings (SSSR count). The first-order valence-electron chi connectivity index (χ1n) is 28.9. The third-order valence-corrected chi connectivity index (χ3v) is 17.5. The van der Waals surface area contributed by atoms with E-state index in [0.717, 1.165) is 44.5 Å². The van der Waals surface area contributed by atoms with Gasteiger partial charge in [-0.15, -0.1) is 0 Å². The Balaban J connectivity index is 0.818. The highest BCUT2D eigenvalue weighted by atomic mass is 31.2. The van der Waals surface area contributed by atoms with E-state index < -0.39 is 56.0 Å². The average molecular weight is 1200 g/mol. The monoisotopic (exact) mass is 1200 g/mol. The van der Waals surface area contributed by atoms with Gasteiger partial charge in [0.25, 0.3) is 20.0 Å². The van der Waals surface area contributed by atoms with Crippen molar-refractivity contribution >= 4 is 43.5 Å². The van der Waals surface area contributed by atoms with Gasteiger partial charge in [0.1, 0.15) is 36.0 Å². The summed E-state index contributed by atoms with van der Waals surface area (Å²) < 4.78 is 48.5. The molecule has 1 aliphatic heterocycles. The predicted molar refractivity (Wildman–Crippen MR) is 329 cm³/mol. The number of benzene rings is 6. The summed E-state index contributed by atoms with van der Waals surface area (Å²) in [6.07, 6.45) is -1.12. The van der Waals surface area contributed by atoms with Crippen molar-refractivity contribution in [2.24, 2.45) is 0 Å². The van der Waals surface area contributed by atoms with Crippen LogP contribution in [0.5, 0.6) is 11.5 Å². The molecule has 3 heterocycles. The molecule has 8 aromatic rings. The van der Waals surface area contributed by atoms with Gasteiger partial charge in [0.15, 0.2) is 11.2 Å². The summed E-state index contributed by atoms with van der Waals surface area (Å²) in [7, 11) is 1.46. The van der Waals surface area contributed by atoms with E-state index in [1.54, 1.807) is 43.1 Å². The highest BCUT2D eigenvalue weighted by Gasteiger charge is 2.45. The van der Waals surface area contributed by atoms with Gasteiger partial charge >= 0.3 is 6.09 Å². The van der Waals surface area contributed by atoms with E-state index >= 15 is 0 Å². The van der Waals surface area contributed by atoms with Crippen LogP contribution in [-0.4, -0.2) is 107 Å². The topological polar surface area (TPSA) is 243 Å². The van der Waals surface area contributed by atoms with Crippen LogP contribution in [0, 0.1) is 11.3 Å². The van der Waals surface area contributed by atoms with Crippen molar-refractivity contribution in [3.8, 4) is 28.7 Å². The van der Waals surface area contributed by atoms with Crippen LogP contribution in [0.3, 0.4) is 0 Å². The Bertz CT molecular complexity index is 3660. The lowest BCUT2D eigenvalue weighted by atomic mass is 9.80. The van der Waals surface area contributed by atoms with E-state index in [4.69, 9.17) is 32.7 Å². The van der Waals surface area contributed by atoms with E-state index in [2.05, 4.69) is 93.6 Å². The molecule has 450 valence electrons. The molecule has 4 atom stereocenters. The predicted octanol–water partition coefficient (Wildman–Crippen LogP) is 10.9. The Hall–Kier alpha value is -8.80. The fraction of sp³-hybridized carbons (Fsp3) is 0.318. The molecule has 0 radical (unpaired) electrons. The maximum Gasteiger partial charge on any atom is 0.407 e. The Kier molecular flexibility index (Phi) is 19.8. The summed E-state index contributed by atoms with van der Waals surface area (Å²) in [5.74, 6) is 0.205. The number of hydrogen-bond donors (Lipinski definition) is 4. The highest BCUT2D eigenvalue weighted by molar-refractivity contribution is 7.44. The SMILES string of the molecule is COc1ccc(C(OC[C@H]2O[C@@H](n3cnc4c(=O)[nH]c(NC(=O)CCNC(=O)c5ccc(CNC(=O)OCC6c7ccccc7-c7ccccc76)cc5)nc43)C[C@H]2OP(OCCC#N)N(C(C)C)C(C)C)(c2ccccc2)c2ccc(OC)cc2)cc1. The Labute approximate surface area is 506 Å². The van der Waals surface area contributed by atoms with E-state index in [1.807, 2.05) is 103 Å². The number of hydrogen-bond acceptors (Lipinski definition) is 15. The van der Waals surface area contributed by atoms with Crippen LogP contribution in [0.2, 0.25) is 0 Å². The molecule has 1 fully saturated rings. The average Bonchev–Trinajstić information content (AvgIpc) is 1.86. The first-order valence-corrected chi connectivity index (χ1v) is 30.0. The molecular weight excluding hydrogens is 1130 g/mol. The fourth-order valence-corrected chi connectivity index (χ4v) is 13.0. The number of carbonyl (C=O) groups excluding carboxylic acids is 3. The van der Waals surface area contributed by atoms with Crippen LogP contribution in [0.25, 0.3) is 22.3 Å². The summed E-state index contributed by atoms with van der Waals surface area (Å²) in [5, 5.41) is 17.8. The Morgan fingerprint density at radius 3 is 2.01 bits per heavy atom. The molecule has 1 saturated heterocycles. The zero-order valence-electron chi connectivity index (χ0n) is 49.3. The number of nitriles is 1. The van der Waals surface area contributed by atoms with Gasteiger partial charge in [-0.2, -0.15) is 10.2 Å². The number of anilines is 1. The van der Waals surface area contributed by atoms with E-state index in [0.29, 0.717) is 17.1 Å². The quantitative estimate of drug-likeness (QED) is 0.0224. The number of alkyl carbamates (subject to hydrolysis) is 1. The smallest absolute Gasteiger partial charge is 0.407 e. The van der Waals surface area contributed by atoms with E-state index in [1.165, 1.54) is 6.33 Å². The van der Waals surface area contributed by atoms with Gasteiger partial charge in [-0.3, -0.25) is 29.3 Å². The van der Waals surface area contributed by atoms with Gasteiger partial charge in [0.05, 0.1) is 52.4 Å². The zero-order chi connectivity index (χ0) is 61.0. The van der Waals surface area contributed by atoms with Crippen LogP contribution >= 0.6 is 8.53 Å². The van der Waals surface area contributed by atoms with Gasteiger partial charge in [0.2, 0.25) is 11.9 Å². The van der Waals surface area contributed by atoms with Crippen LogP contribution in [0.1, 0.15) is 103 Å². The first-order chi connectivity index (χ1) is 42.3. The molecule has 1 aliphatic carbocycles. The number of amides is 3. The van der Waals surface area contributed by atoms with Crippen molar-refractivity contribution in [3.63, 3.8) is 0 Å². The second kappa shape index (κ2) is 28.1. The lowest BCUT2D eigenvalue weighted by molar-refractivity contribution is -0.116. The van der Waals surface area contributed by atoms with Crippen molar-refractivity contribution in [3.05, 3.63) is 207 Å². The van der Waals surface area contributed by atoms with Gasteiger partial charge < -0.3 is 43.4 Å². The van der Waals surface area contributed by atoms with Crippen LogP contribution in [0.15, 0.2) is 163 Å². The third kappa shape index (κ3) is 13.9. The van der Waals surface area contributed by atoms with Crippen LogP contribution < -0.4 is 31.0 Å². The van der Waals surface area contributed by atoms with Gasteiger partial charge in [-0.25, -0.2) is 14.4 Å². The molecule has 0 spiro atoms. The van der Waals surface area contributed by atoms with E-state index in [-0.39, 0.29) is 87.3 Å². The Morgan fingerprint density at radius 2 is 1.40 bits per heavy atom. The zero-order valence-corrected chi connectivity index (χ0v) is 50.2. The number of aromatic nitrogens is 4. The maximum atomic E-state index is 13.7. The summed E-state index contributed by atoms with van der Waals surface area (Å²) in [5.41, 5.74) is 6.44. The number of rotatable bonds is 26. The molecule has 21 heteroatoms. The number of ether oxygens (including phenoxy) is 5. The number of fused-ring (bicyclic) bond motifs is 4. The van der Waals surface area contributed by atoms with Gasteiger partial charge in [-0.05, 0) is 109 Å². The second-order valence-corrected chi connectivity index (χ2v) is 22.9. The molecular formula is C66H70N9O11P. The molecule has 3 amide bonds. The molecule has 20 nitrogen and oxygen atoms in total. The van der Waals surface area contributed by atoms with Crippen LogP contribution in [-0.2, 0) is 40.2 Å². The maximum absolute atomic E-state index is 13.7. The highest BCUT2D eigenvalue weighted by Crippen LogP contribution is 2.51. The van der Waals surface area contributed by atoms with Crippen molar-refractivity contribution in [2.45, 2.75) is 95.5 Å². The number of imidazole rings is 1. The standard InChI is InChI=1S/C66H70N9O11P/c1-42(2)75(43(3)4)87(84-36-14-34-67)86-56-37-59(85-57(56)40-83-66(46-15-8-7-9-16-46,47-25-29-49(80-5)30-26-47)48-27-31-50(81-6)32-28-48)74-41-70-60-61(74)72-64(73-63(60)78)71-58(76)33-35-68-62(77)45-23-21-44(22-24-45)38-69-65(79)82-39-55-53-19-12-10-17-51(53)52-18-11-13-20-54(52)55/h7-13,15-32,41-43,55-57,59H,14,33,35-40H2,1-6H3,(H,68,77)(H,69,79)(H2,71,72,73,76,78)/t56-,57-,59-,87?/m1/s1. The number of H-pyrrole nitrogens is 1. The lowest BCUT2D eigenvalue weighted by Crippen LogP contribution is -2.39. The minimum absolute atomic E-state index is 0.000352. The molecule has 1 unspecified atom stereocenters. The summed E-state index contributed by atoms with van der Waals surface area (Å²) in [6.45, 7) is 8.71. The number of methoxy groups -OCH3 is 2. The fourth-order valence-electron chi connectivity index (χ4n) is 11.2. The largest absolute Gasteiger partial charge is 0.497 e. The van der Waals surface area contributed by atoms with Crippen molar-refractivity contribution < 1.29 is 47.1 Å². The lowest BCUT2D eigenvalue weighted by Gasteiger charge is -2.39. The first kappa shape index (κ1) is 61.3. The second-order valence-electron chi connectivity index (χ2n) is 21.5. The summed E-state index contributed by atoms with van der Waals surface area (Å²) in [6, 6.07) is 50.5. The van der Waals surface area contributed by atoms with Crippen molar-refractivity contribution in [1.82, 2.24) is 34.8 Å². The number of carbonyl (C=O) groups is 3. The minimum Gasteiger partial charge on any atom is -0.497 e. The summed E-state index contributed by atoms with van der Waals surface area (Å²) >= 11 is 0. The molecule has 2 aromatic heterocycles. The van der Waals surface area contributed by atoms with Gasteiger partial charge in [-0.1, -0.05) is 115 Å². The number of aromatic amines is 1. The molecule has 87 heavy (non-hydrogen) atoms.